The number of aliphatic hydroxyl groups is 7. The first-order chi connectivity index (χ1) is 35.0. The highest BCUT2D eigenvalue weighted by atomic mass is 16.7. The van der Waals surface area contributed by atoms with Gasteiger partial charge in [-0.3, -0.25) is 9.59 Å². The van der Waals surface area contributed by atoms with Crippen molar-refractivity contribution in [1.82, 2.24) is 0 Å². The monoisotopic (exact) mass is 1030 g/mol. The van der Waals surface area contributed by atoms with Crippen LogP contribution in [0, 0.1) is 0 Å². The van der Waals surface area contributed by atoms with Gasteiger partial charge in [-0.05, 0) is 44.9 Å². The van der Waals surface area contributed by atoms with Crippen molar-refractivity contribution in [1.29, 1.82) is 0 Å². The van der Waals surface area contributed by atoms with E-state index in [9.17, 15) is 45.3 Å². The highest BCUT2D eigenvalue weighted by Gasteiger charge is 2.47. The molecule has 2 fully saturated rings. The maximum absolute atomic E-state index is 13.0. The smallest absolute Gasteiger partial charge is 0.306 e. The summed E-state index contributed by atoms with van der Waals surface area (Å²) in [5.74, 6) is -0.929. The Morgan fingerprint density at radius 2 is 0.833 bits per heavy atom. The Bertz CT molecular complexity index is 1350. The number of esters is 2. The fraction of sp³-hybridized carbons (Fsp3) is 0.895. The van der Waals surface area contributed by atoms with Crippen molar-refractivity contribution < 1.29 is 73.8 Å². The first kappa shape index (κ1) is 66.1. The van der Waals surface area contributed by atoms with Gasteiger partial charge < -0.3 is 64.2 Å². The third kappa shape index (κ3) is 31.1. The molecule has 72 heavy (non-hydrogen) atoms. The molecule has 2 aliphatic rings. The molecule has 2 saturated heterocycles. The summed E-state index contributed by atoms with van der Waals surface area (Å²) in [6.07, 6.45) is 30.6. The molecular weight excluding hydrogens is 925 g/mol. The number of hydrogen-bond acceptors (Lipinski definition) is 15. The standard InChI is InChI=1S/C57H104O15/c1-3-5-7-9-11-13-15-17-19-20-21-22-23-24-26-27-29-31-33-35-37-39-48(59)67-42-45(70-49(60)40-38-36-34-32-30-28-25-18-16-14-12-10-8-6-4-2)43-68-56-55(66)53(64)51(62)47(72-56)44-69-57-54(65)52(63)50(61)46(41-58)71-57/h12,14,18,25,45-47,50-58,61-66H,3-11,13,15-17,19-24,26-44H2,1-2H3/b14-12-,25-18-. The highest BCUT2D eigenvalue weighted by Crippen LogP contribution is 2.27. The van der Waals surface area contributed by atoms with Gasteiger partial charge in [0, 0.05) is 12.8 Å². The third-order valence-electron chi connectivity index (χ3n) is 13.9. The zero-order valence-corrected chi connectivity index (χ0v) is 44.9. The highest BCUT2D eigenvalue weighted by molar-refractivity contribution is 5.70. The molecule has 2 heterocycles. The molecule has 0 aromatic rings. The summed E-state index contributed by atoms with van der Waals surface area (Å²) in [6.45, 7) is 2.59. The van der Waals surface area contributed by atoms with Crippen LogP contribution in [-0.4, -0.2) is 142 Å². The van der Waals surface area contributed by atoms with Crippen LogP contribution < -0.4 is 0 Å². The van der Waals surface area contributed by atoms with Gasteiger partial charge in [0.2, 0.25) is 0 Å². The predicted molar refractivity (Wildman–Crippen MR) is 280 cm³/mol. The van der Waals surface area contributed by atoms with Crippen LogP contribution in [0.15, 0.2) is 24.3 Å². The lowest BCUT2D eigenvalue weighted by Crippen LogP contribution is -2.61. The third-order valence-corrected chi connectivity index (χ3v) is 13.9. The SMILES string of the molecule is CCCCC/C=C\C/C=C\CCCCCCCC(=O)OC(COC(=O)CCCCCCCCCCCCCCCCCCCCCCC)COC1OC(COC2OC(CO)C(O)C(O)C2O)C(O)C(O)C1O. The molecule has 15 heteroatoms. The van der Waals surface area contributed by atoms with Gasteiger partial charge in [-0.15, -0.1) is 0 Å². The summed E-state index contributed by atoms with van der Waals surface area (Å²) in [7, 11) is 0. The van der Waals surface area contributed by atoms with Gasteiger partial charge in [0.15, 0.2) is 18.7 Å². The number of rotatable bonds is 46. The fourth-order valence-corrected chi connectivity index (χ4v) is 9.19. The van der Waals surface area contributed by atoms with Crippen LogP contribution in [0.2, 0.25) is 0 Å². The average molecular weight is 1030 g/mol. The maximum atomic E-state index is 13.0. The summed E-state index contributed by atoms with van der Waals surface area (Å²) in [4.78, 5) is 25.9. The Balaban J connectivity index is 1.74. The van der Waals surface area contributed by atoms with Crippen LogP contribution in [-0.2, 0) is 38.0 Å². The Morgan fingerprint density at radius 1 is 0.444 bits per heavy atom. The first-order valence-electron chi connectivity index (χ1n) is 28.9. The number of carbonyl (C=O) groups is 2. The maximum Gasteiger partial charge on any atom is 0.306 e. The Morgan fingerprint density at radius 3 is 1.32 bits per heavy atom. The van der Waals surface area contributed by atoms with E-state index < -0.39 is 92.7 Å². The molecule has 2 aliphatic heterocycles. The zero-order chi connectivity index (χ0) is 52.4. The number of allylic oxidation sites excluding steroid dienone is 4. The average Bonchev–Trinajstić information content (AvgIpc) is 3.37. The van der Waals surface area contributed by atoms with E-state index in [1.807, 2.05) is 0 Å². The summed E-state index contributed by atoms with van der Waals surface area (Å²) < 4.78 is 33.7. The van der Waals surface area contributed by atoms with Gasteiger partial charge in [0.25, 0.3) is 0 Å². The van der Waals surface area contributed by atoms with E-state index >= 15 is 0 Å². The van der Waals surface area contributed by atoms with E-state index in [1.165, 1.54) is 128 Å². The molecule has 0 spiro atoms. The van der Waals surface area contributed by atoms with Crippen molar-refractivity contribution in [3.8, 4) is 0 Å². The number of hydrogen-bond donors (Lipinski definition) is 7. The normalized spacial score (nSPS) is 25.1. The van der Waals surface area contributed by atoms with Crippen molar-refractivity contribution >= 4 is 11.9 Å². The molecule has 0 bridgehead atoms. The molecule has 0 aromatic carbocycles. The number of ether oxygens (including phenoxy) is 6. The molecule has 0 aromatic heterocycles. The van der Waals surface area contributed by atoms with E-state index in [2.05, 4.69) is 38.2 Å². The van der Waals surface area contributed by atoms with E-state index in [-0.39, 0.29) is 26.1 Å². The Hall–Kier alpha value is -2.02. The second-order valence-corrected chi connectivity index (χ2v) is 20.5. The van der Waals surface area contributed by atoms with Gasteiger partial charge in [0.1, 0.15) is 55.4 Å². The summed E-state index contributed by atoms with van der Waals surface area (Å²) in [5, 5.41) is 72.2. The topological polar surface area (TPSA) is 231 Å². The van der Waals surface area contributed by atoms with Crippen molar-refractivity contribution in [2.75, 3.05) is 26.4 Å². The van der Waals surface area contributed by atoms with Crippen LogP contribution >= 0.6 is 0 Å². The molecule has 11 atom stereocenters. The van der Waals surface area contributed by atoms with E-state index in [4.69, 9.17) is 28.4 Å². The Kier molecular flexibility index (Phi) is 40.5. The molecule has 15 nitrogen and oxygen atoms in total. The van der Waals surface area contributed by atoms with Gasteiger partial charge in [-0.25, -0.2) is 0 Å². The van der Waals surface area contributed by atoms with Crippen LogP contribution in [0.4, 0.5) is 0 Å². The minimum absolute atomic E-state index is 0.152. The molecule has 7 N–H and O–H groups in total. The molecule has 0 aliphatic carbocycles. The number of aliphatic hydroxyl groups excluding tert-OH is 7. The molecule has 0 saturated carbocycles. The molecule has 0 radical (unpaired) electrons. The number of unbranched alkanes of at least 4 members (excludes halogenated alkanes) is 28. The van der Waals surface area contributed by atoms with Gasteiger partial charge >= 0.3 is 11.9 Å². The number of carbonyl (C=O) groups excluding carboxylic acids is 2. The van der Waals surface area contributed by atoms with Crippen molar-refractivity contribution in [2.24, 2.45) is 0 Å². The van der Waals surface area contributed by atoms with Gasteiger partial charge in [-0.1, -0.05) is 199 Å². The Labute approximate surface area is 434 Å². The van der Waals surface area contributed by atoms with Crippen LogP contribution in [0.25, 0.3) is 0 Å². The molecular formula is C57H104O15. The first-order valence-corrected chi connectivity index (χ1v) is 28.9. The molecule has 422 valence electrons. The summed E-state index contributed by atoms with van der Waals surface area (Å²) >= 11 is 0. The van der Waals surface area contributed by atoms with Crippen molar-refractivity contribution in [3.63, 3.8) is 0 Å². The molecule has 2 rings (SSSR count). The quantitative estimate of drug-likeness (QED) is 0.0171. The summed E-state index contributed by atoms with van der Waals surface area (Å²) in [6, 6.07) is 0. The van der Waals surface area contributed by atoms with E-state index in [0.29, 0.717) is 12.8 Å². The predicted octanol–water partition coefficient (Wildman–Crippen LogP) is 9.50. The largest absolute Gasteiger partial charge is 0.462 e. The zero-order valence-electron chi connectivity index (χ0n) is 44.9. The van der Waals surface area contributed by atoms with E-state index in [0.717, 1.165) is 64.2 Å². The van der Waals surface area contributed by atoms with Crippen LogP contribution in [0.3, 0.4) is 0 Å². The van der Waals surface area contributed by atoms with Crippen molar-refractivity contribution in [3.05, 3.63) is 24.3 Å². The second kappa shape index (κ2) is 44.1. The second-order valence-electron chi connectivity index (χ2n) is 20.5. The lowest BCUT2D eigenvalue weighted by atomic mass is 9.98. The fourth-order valence-electron chi connectivity index (χ4n) is 9.19. The minimum atomic E-state index is -1.77. The molecule has 0 amide bonds. The van der Waals surface area contributed by atoms with Crippen molar-refractivity contribution in [2.45, 2.75) is 300 Å². The van der Waals surface area contributed by atoms with Gasteiger partial charge in [-0.2, -0.15) is 0 Å². The lowest BCUT2D eigenvalue weighted by molar-refractivity contribution is -0.332. The molecule has 11 unspecified atom stereocenters. The van der Waals surface area contributed by atoms with Crippen LogP contribution in [0.5, 0.6) is 0 Å². The van der Waals surface area contributed by atoms with Crippen LogP contribution in [0.1, 0.15) is 232 Å². The lowest BCUT2D eigenvalue weighted by Gasteiger charge is -2.42. The van der Waals surface area contributed by atoms with E-state index in [1.54, 1.807) is 0 Å². The minimum Gasteiger partial charge on any atom is -0.462 e. The summed E-state index contributed by atoms with van der Waals surface area (Å²) in [5.41, 5.74) is 0. The van der Waals surface area contributed by atoms with Gasteiger partial charge in [0.05, 0.1) is 19.8 Å².